The van der Waals surface area contributed by atoms with Crippen molar-refractivity contribution in [2.45, 2.75) is 25.5 Å². The van der Waals surface area contributed by atoms with E-state index in [1.165, 1.54) is 20.2 Å². The van der Waals surface area contributed by atoms with Crippen LogP contribution < -0.4 is 10.6 Å². The zero-order valence-corrected chi connectivity index (χ0v) is 15.4. The van der Waals surface area contributed by atoms with Crippen molar-refractivity contribution in [3.63, 3.8) is 0 Å². The van der Waals surface area contributed by atoms with Crippen LogP contribution in [0.15, 0.2) is 30.0 Å². The van der Waals surface area contributed by atoms with Crippen LogP contribution in [0.4, 0.5) is 8.78 Å². The molecular formula is C16H19Cl2F2N3O2. The van der Waals surface area contributed by atoms with E-state index < -0.39 is 35.8 Å². The number of amides is 1. The molecule has 25 heavy (non-hydrogen) atoms. The monoisotopic (exact) mass is 393 g/mol. The lowest BCUT2D eigenvalue weighted by atomic mass is 10.0. The molecule has 9 heteroatoms. The standard InChI is InChI=1S/C16H19Cl2F2N3O2/c1-8(14(25-3)10-5-4-9(17)6-12(10)18)23-16(24)11(7-22-2)13(21)15(19)20/h4-8,14-15,21-22H,1-3H3,(H,23,24)/b11-7+,21-13?. The normalized spacial score (nSPS) is 14.2. The molecule has 0 aliphatic rings. The van der Waals surface area contributed by atoms with Crippen molar-refractivity contribution >= 4 is 34.8 Å². The molecule has 5 nitrogen and oxygen atoms in total. The highest BCUT2D eigenvalue weighted by molar-refractivity contribution is 6.35. The van der Waals surface area contributed by atoms with Crippen LogP contribution >= 0.6 is 23.2 Å². The van der Waals surface area contributed by atoms with Gasteiger partial charge in [-0.25, -0.2) is 8.78 Å². The van der Waals surface area contributed by atoms with Crippen LogP contribution in [-0.2, 0) is 9.53 Å². The number of halogens is 4. The maximum absolute atomic E-state index is 12.8. The Bertz CT molecular complexity index is 669. The van der Waals surface area contributed by atoms with Gasteiger partial charge in [0.1, 0.15) is 11.8 Å². The van der Waals surface area contributed by atoms with E-state index in [2.05, 4.69) is 10.6 Å². The fraction of sp³-hybridized carbons (Fsp3) is 0.375. The van der Waals surface area contributed by atoms with E-state index in [0.29, 0.717) is 15.6 Å². The molecule has 0 saturated carbocycles. The second kappa shape index (κ2) is 9.70. The van der Waals surface area contributed by atoms with Crippen LogP contribution in [0.5, 0.6) is 0 Å². The van der Waals surface area contributed by atoms with Gasteiger partial charge in [0.2, 0.25) is 0 Å². The molecule has 1 aromatic carbocycles. The lowest BCUT2D eigenvalue weighted by molar-refractivity contribution is -0.118. The second-order valence-electron chi connectivity index (χ2n) is 5.15. The quantitative estimate of drug-likeness (QED) is 0.466. The fourth-order valence-electron chi connectivity index (χ4n) is 2.22. The van der Waals surface area contributed by atoms with E-state index >= 15 is 0 Å². The third kappa shape index (κ3) is 5.66. The van der Waals surface area contributed by atoms with E-state index in [4.69, 9.17) is 33.3 Å². The summed E-state index contributed by atoms with van der Waals surface area (Å²) in [6.45, 7) is 1.64. The molecule has 0 radical (unpaired) electrons. The molecule has 1 rings (SSSR count). The largest absolute Gasteiger partial charge is 0.393 e. The van der Waals surface area contributed by atoms with Crippen LogP contribution in [0.2, 0.25) is 10.0 Å². The summed E-state index contributed by atoms with van der Waals surface area (Å²) in [6, 6.07) is 4.22. The summed E-state index contributed by atoms with van der Waals surface area (Å²) in [6.07, 6.45) is -2.65. The number of hydrogen-bond donors (Lipinski definition) is 3. The molecular weight excluding hydrogens is 375 g/mol. The van der Waals surface area contributed by atoms with Gasteiger partial charge in [-0.15, -0.1) is 0 Å². The first-order valence-corrected chi connectivity index (χ1v) is 8.01. The lowest BCUT2D eigenvalue weighted by Gasteiger charge is -2.25. The highest BCUT2D eigenvalue weighted by atomic mass is 35.5. The topological polar surface area (TPSA) is 74.2 Å². The van der Waals surface area contributed by atoms with Gasteiger partial charge in [0.25, 0.3) is 12.3 Å². The first kappa shape index (κ1) is 21.3. The third-order valence-electron chi connectivity index (χ3n) is 3.38. The Morgan fingerprint density at radius 3 is 2.48 bits per heavy atom. The first-order chi connectivity index (χ1) is 11.7. The van der Waals surface area contributed by atoms with Crippen molar-refractivity contribution in [2.24, 2.45) is 0 Å². The molecule has 0 saturated heterocycles. The van der Waals surface area contributed by atoms with Crippen molar-refractivity contribution in [2.75, 3.05) is 14.2 Å². The molecule has 0 heterocycles. The van der Waals surface area contributed by atoms with Crippen LogP contribution in [0.3, 0.4) is 0 Å². The van der Waals surface area contributed by atoms with Gasteiger partial charge in [-0.1, -0.05) is 29.3 Å². The number of hydrogen-bond acceptors (Lipinski definition) is 4. The maximum Gasteiger partial charge on any atom is 0.280 e. The zero-order valence-electron chi connectivity index (χ0n) is 13.9. The molecule has 2 atom stereocenters. The van der Waals surface area contributed by atoms with Crippen molar-refractivity contribution in [3.8, 4) is 0 Å². The van der Waals surface area contributed by atoms with Gasteiger partial charge in [0.15, 0.2) is 0 Å². The second-order valence-corrected chi connectivity index (χ2v) is 5.99. The Labute approximate surface area is 154 Å². The summed E-state index contributed by atoms with van der Waals surface area (Å²) in [4.78, 5) is 12.3. The van der Waals surface area contributed by atoms with Gasteiger partial charge < -0.3 is 15.4 Å². The van der Waals surface area contributed by atoms with Gasteiger partial charge in [-0.3, -0.25) is 10.2 Å². The van der Waals surface area contributed by atoms with Gasteiger partial charge in [-0.05, 0) is 19.1 Å². The van der Waals surface area contributed by atoms with Crippen LogP contribution in [0, 0.1) is 5.41 Å². The Hall–Kier alpha value is -1.70. The number of carbonyl (C=O) groups excluding carboxylic acids is 1. The van der Waals surface area contributed by atoms with Crippen LogP contribution in [0.25, 0.3) is 0 Å². The predicted octanol–water partition coefficient (Wildman–Crippen LogP) is 3.57. The summed E-state index contributed by atoms with van der Waals surface area (Å²) in [7, 11) is 2.88. The van der Waals surface area contributed by atoms with E-state index in [-0.39, 0.29) is 0 Å². The summed E-state index contributed by atoms with van der Waals surface area (Å²) >= 11 is 12.0. The summed E-state index contributed by atoms with van der Waals surface area (Å²) in [5.74, 6) is -0.820. The molecule has 1 aromatic rings. The number of methoxy groups -OCH3 is 1. The lowest BCUT2D eigenvalue weighted by Crippen LogP contribution is -2.41. The van der Waals surface area contributed by atoms with Crippen molar-refractivity contribution in [1.29, 1.82) is 5.41 Å². The molecule has 2 unspecified atom stereocenters. The molecule has 138 valence electrons. The summed E-state index contributed by atoms with van der Waals surface area (Å²) < 4.78 is 30.9. The molecule has 3 N–H and O–H groups in total. The molecule has 0 aromatic heterocycles. The average Bonchev–Trinajstić information content (AvgIpc) is 2.54. The van der Waals surface area contributed by atoms with E-state index in [0.717, 1.165) is 6.20 Å². The Morgan fingerprint density at radius 2 is 2.00 bits per heavy atom. The third-order valence-corrected chi connectivity index (χ3v) is 3.94. The minimum absolute atomic E-state index is 0.353. The molecule has 0 spiro atoms. The highest BCUT2D eigenvalue weighted by Crippen LogP contribution is 2.30. The minimum atomic E-state index is -3.07. The Morgan fingerprint density at radius 1 is 1.36 bits per heavy atom. The SMILES string of the molecule is CN/C=C(\C(=N)C(F)F)C(=O)NC(C)C(OC)c1ccc(Cl)cc1Cl. The maximum atomic E-state index is 12.8. The van der Waals surface area contributed by atoms with Gasteiger partial charge in [0, 0.05) is 36.0 Å². The number of carbonyl (C=O) groups is 1. The minimum Gasteiger partial charge on any atom is -0.393 e. The van der Waals surface area contributed by atoms with Crippen LogP contribution in [0.1, 0.15) is 18.6 Å². The number of ether oxygens (including phenoxy) is 1. The Balaban J connectivity index is 3.00. The van der Waals surface area contributed by atoms with E-state index in [1.54, 1.807) is 19.1 Å². The van der Waals surface area contributed by atoms with Gasteiger partial charge >= 0.3 is 0 Å². The van der Waals surface area contributed by atoms with Gasteiger partial charge in [0.05, 0.1) is 11.6 Å². The first-order valence-electron chi connectivity index (χ1n) is 7.25. The number of rotatable bonds is 8. The van der Waals surface area contributed by atoms with Crippen molar-refractivity contribution in [1.82, 2.24) is 10.6 Å². The van der Waals surface area contributed by atoms with E-state index in [1.807, 2.05) is 0 Å². The van der Waals surface area contributed by atoms with Crippen molar-refractivity contribution in [3.05, 3.63) is 45.6 Å². The fourth-order valence-corrected chi connectivity index (χ4v) is 2.74. The molecule has 0 aliphatic carbocycles. The molecule has 0 fully saturated rings. The van der Waals surface area contributed by atoms with Crippen LogP contribution in [-0.4, -0.2) is 38.2 Å². The zero-order chi connectivity index (χ0) is 19.1. The highest BCUT2D eigenvalue weighted by Gasteiger charge is 2.27. The number of alkyl halides is 2. The molecule has 1 amide bonds. The molecule has 0 bridgehead atoms. The Kier molecular flexibility index (Phi) is 8.28. The molecule has 0 aliphatic heterocycles. The van der Waals surface area contributed by atoms with Crippen molar-refractivity contribution < 1.29 is 18.3 Å². The average molecular weight is 394 g/mol. The smallest absolute Gasteiger partial charge is 0.280 e. The van der Waals surface area contributed by atoms with E-state index in [9.17, 15) is 13.6 Å². The summed E-state index contributed by atoms with van der Waals surface area (Å²) in [5, 5.41) is 13.2. The van der Waals surface area contributed by atoms with Gasteiger partial charge in [-0.2, -0.15) is 0 Å². The number of benzene rings is 1. The predicted molar refractivity (Wildman–Crippen MR) is 94.7 cm³/mol. The number of nitrogens with one attached hydrogen (secondary N) is 3. The summed E-state index contributed by atoms with van der Waals surface area (Å²) in [5.41, 5.74) is -0.941.